The molecule has 0 saturated heterocycles. The highest BCUT2D eigenvalue weighted by Gasteiger charge is 2.40. The van der Waals surface area contributed by atoms with E-state index in [1.807, 2.05) is 25.1 Å². The smallest absolute Gasteiger partial charge is 0.306 e. The third-order valence-corrected chi connectivity index (χ3v) is 5.68. The standard InChI is InChI=1S/C20H27NO3/c1-3-15-6-4-5-13(2)20(15)21-18(22)12-24-19(23)11-17-10-14-7-8-16(17)9-14/h4-6,14,16-17H,3,7-12H2,1-2H3,(H,21,22)/t14-,16+,17-/m0/s1. The molecule has 0 radical (unpaired) electrons. The van der Waals surface area contributed by atoms with Crippen molar-refractivity contribution in [3.8, 4) is 0 Å². The van der Waals surface area contributed by atoms with Gasteiger partial charge in [-0.15, -0.1) is 0 Å². The van der Waals surface area contributed by atoms with Gasteiger partial charge in [0, 0.05) is 12.1 Å². The van der Waals surface area contributed by atoms with Crippen LogP contribution in [0.3, 0.4) is 0 Å². The average molecular weight is 329 g/mol. The molecule has 0 unspecified atom stereocenters. The number of anilines is 1. The molecular weight excluding hydrogens is 302 g/mol. The van der Waals surface area contributed by atoms with Gasteiger partial charge in [-0.25, -0.2) is 0 Å². The van der Waals surface area contributed by atoms with Gasteiger partial charge >= 0.3 is 5.97 Å². The van der Waals surface area contributed by atoms with Gasteiger partial charge in [-0.2, -0.15) is 0 Å². The van der Waals surface area contributed by atoms with Crippen molar-refractivity contribution in [1.82, 2.24) is 0 Å². The first-order valence-electron chi connectivity index (χ1n) is 9.10. The zero-order chi connectivity index (χ0) is 17.1. The lowest BCUT2D eigenvalue weighted by atomic mass is 9.86. The fourth-order valence-corrected chi connectivity index (χ4v) is 4.42. The lowest BCUT2D eigenvalue weighted by Gasteiger charge is -2.20. The summed E-state index contributed by atoms with van der Waals surface area (Å²) < 4.78 is 5.21. The Bertz CT molecular complexity index is 625. The van der Waals surface area contributed by atoms with E-state index in [4.69, 9.17) is 4.74 Å². The minimum absolute atomic E-state index is 0.197. The summed E-state index contributed by atoms with van der Waals surface area (Å²) in [6, 6.07) is 5.96. The number of fused-ring (bicyclic) bond motifs is 2. The van der Waals surface area contributed by atoms with Gasteiger partial charge in [0.05, 0.1) is 0 Å². The fraction of sp³-hybridized carbons (Fsp3) is 0.600. The highest BCUT2D eigenvalue weighted by molar-refractivity contribution is 5.94. The minimum atomic E-state index is -0.264. The highest BCUT2D eigenvalue weighted by Crippen LogP contribution is 2.49. The van der Waals surface area contributed by atoms with Gasteiger partial charge in [0.15, 0.2) is 6.61 Å². The summed E-state index contributed by atoms with van der Waals surface area (Å²) >= 11 is 0. The second-order valence-corrected chi connectivity index (χ2v) is 7.31. The number of carbonyl (C=O) groups is 2. The quantitative estimate of drug-likeness (QED) is 0.806. The van der Waals surface area contributed by atoms with E-state index in [9.17, 15) is 9.59 Å². The highest BCUT2D eigenvalue weighted by atomic mass is 16.5. The molecule has 24 heavy (non-hydrogen) atoms. The molecule has 1 aromatic carbocycles. The van der Waals surface area contributed by atoms with Crippen LogP contribution in [-0.4, -0.2) is 18.5 Å². The van der Waals surface area contributed by atoms with Gasteiger partial charge in [-0.05, 0) is 61.5 Å². The van der Waals surface area contributed by atoms with Crippen LogP contribution in [0.5, 0.6) is 0 Å². The van der Waals surface area contributed by atoms with Gasteiger partial charge < -0.3 is 10.1 Å². The number of nitrogens with one attached hydrogen (secondary N) is 1. The molecule has 3 rings (SSSR count). The number of carbonyl (C=O) groups excluding carboxylic acids is 2. The third kappa shape index (κ3) is 3.80. The molecule has 1 aromatic rings. The van der Waals surface area contributed by atoms with Crippen molar-refractivity contribution in [2.75, 3.05) is 11.9 Å². The molecule has 2 saturated carbocycles. The normalized spacial score (nSPS) is 24.8. The monoisotopic (exact) mass is 329 g/mol. The number of hydrogen-bond donors (Lipinski definition) is 1. The van der Waals surface area contributed by atoms with E-state index in [-0.39, 0.29) is 18.5 Å². The van der Waals surface area contributed by atoms with Crippen molar-refractivity contribution in [2.45, 2.75) is 52.4 Å². The summed E-state index contributed by atoms with van der Waals surface area (Å²) in [5, 5.41) is 2.89. The maximum Gasteiger partial charge on any atom is 0.306 e. The SMILES string of the molecule is CCc1cccc(C)c1NC(=O)COC(=O)C[C@@H]1C[C@H]2CC[C@@H]1C2. The molecular formula is C20H27NO3. The van der Waals surface area contributed by atoms with Crippen molar-refractivity contribution in [1.29, 1.82) is 0 Å². The largest absolute Gasteiger partial charge is 0.456 e. The topological polar surface area (TPSA) is 55.4 Å². The molecule has 130 valence electrons. The summed E-state index contributed by atoms with van der Waals surface area (Å²) in [4.78, 5) is 24.1. The first-order valence-corrected chi connectivity index (χ1v) is 9.10. The predicted octanol–water partition coefficient (Wildman–Crippen LogP) is 3.87. The Morgan fingerprint density at radius 1 is 1.25 bits per heavy atom. The Balaban J connectivity index is 1.46. The van der Waals surface area contributed by atoms with E-state index in [0.717, 1.165) is 35.6 Å². The van der Waals surface area contributed by atoms with Crippen molar-refractivity contribution >= 4 is 17.6 Å². The number of rotatable bonds is 6. The summed E-state index contributed by atoms with van der Waals surface area (Å²) in [5.74, 6) is 1.51. The molecule has 0 spiro atoms. The van der Waals surface area contributed by atoms with E-state index in [1.54, 1.807) is 0 Å². The van der Waals surface area contributed by atoms with Crippen molar-refractivity contribution in [3.63, 3.8) is 0 Å². The van der Waals surface area contributed by atoms with Gasteiger partial charge in [-0.1, -0.05) is 31.5 Å². The van der Waals surface area contributed by atoms with Gasteiger partial charge in [0.2, 0.25) is 0 Å². The zero-order valence-corrected chi connectivity index (χ0v) is 14.6. The molecule has 4 nitrogen and oxygen atoms in total. The molecule has 0 aromatic heterocycles. The predicted molar refractivity (Wildman–Crippen MR) is 93.7 cm³/mol. The van der Waals surface area contributed by atoms with Crippen molar-refractivity contribution in [3.05, 3.63) is 29.3 Å². The number of amides is 1. The Kier molecular flexibility index (Phi) is 5.22. The third-order valence-electron chi connectivity index (χ3n) is 5.68. The van der Waals surface area contributed by atoms with Crippen LogP contribution in [0, 0.1) is 24.7 Å². The Labute approximate surface area is 144 Å². The summed E-state index contributed by atoms with van der Waals surface area (Å²) in [6.45, 7) is 3.83. The van der Waals surface area contributed by atoms with Crippen LogP contribution < -0.4 is 5.32 Å². The molecule has 2 aliphatic carbocycles. The second-order valence-electron chi connectivity index (χ2n) is 7.31. The van der Waals surface area contributed by atoms with Crippen LogP contribution >= 0.6 is 0 Å². The average Bonchev–Trinajstić information content (AvgIpc) is 3.17. The number of esters is 1. The summed E-state index contributed by atoms with van der Waals surface area (Å²) in [7, 11) is 0. The fourth-order valence-electron chi connectivity index (χ4n) is 4.42. The van der Waals surface area contributed by atoms with E-state index in [1.165, 1.54) is 19.3 Å². The van der Waals surface area contributed by atoms with E-state index >= 15 is 0 Å². The van der Waals surface area contributed by atoms with Gasteiger partial charge in [0.1, 0.15) is 0 Å². The molecule has 4 heteroatoms. The van der Waals surface area contributed by atoms with Crippen LogP contribution in [0.1, 0.15) is 50.2 Å². The minimum Gasteiger partial charge on any atom is -0.456 e. The molecule has 1 N–H and O–H groups in total. The molecule has 1 amide bonds. The molecule has 2 fully saturated rings. The second kappa shape index (κ2) is 7.37. The lowest BCUT2D eigenvalue weighted by Crippen LogP contribution is -2.24. The first kappa shape index (κ1) is 17.0. The number of benzene rings is 1. The lowest BCUT2D eigenvalue weighted by molar-refractivity contribution is -0.148. The van der Waals surface area contributed by atoms with Gasteiger partial charge in [-0.3, -0.25) is 9.59 Å². The van der Waals surface area contributed by atoms with E-state index in [2.05, 4.69) is 12.2 Å². The summed E-state index contributed by atoms with van der Waals surface area (Å²) in [5.41, 5.74) is 2.96. The number of aryl methyl sites for hydroxylation is 2. The Morgan fingerprint density at radius 3 is 2.75 bits per heavy atom. The molecule has 0 aliphatic heterocycles. The maximum absolute atomic E-state index is 12.1. The Hall–Kier alpha value is -1.84. The number of para-hydroxylation sites is 1. The van der Waals surface area contributed by atoms with Crippen LogP contribution in [-0.2, 0) is 20.7 Å². The van der Waals surface area contributed by atoms with E-state index in [0.29, 0.717) is 18.3 Å². The molecule has 2 bridgehead atoms. The Morgan fingerprint density at radius 2 is 2.08 bits per heavy atom. The van der Waals surface area contributed by atoms with Crippen LogP contribution in [0.25, 0.3) is 0 Å². The molecule has 3 atom stereocenters. The number of ether oxygens (including phenoxy) is 1. The molecule has 0 heterocycles. The molecule has 2 aliphatic rings. The van der Waals surface area contributed by atoms with Crippen LogP contribution in [0.15, 0.2) is 18.2 Å². The zero-order valence-electron chi connectivity index (χ0n) is 14.6. The van der Waals surface area contributed by atoms with Crippen LogP contribution in [0.2, 0.25) is 0 Å². The van der Waals surface area contributed by atoms with E-state index < -0.39 is 0 Å². The first-order chi connectivity index (χ1) is 11.6. The van der Waals surface area contributed by atoms with Crippen molar-refractivity contribution < 1.29 is 14.3 Å². The van der Waals surface area contributed by atoms with Gasteiger partial charge in [0.25, 0.3) is 5.91 Å². The van der Waals surface area contributed by atoms with Crippen molar-refractivity contribution in [2.24, 2.45) is 17.8 Å². The van der Waals surface area contributed by atoms with Crippen LogP contribution in [0.4, 0.5) is 5.69 Å². The number of hydrogen-bond acceptors (Lipinski definition) is 3. The summed E-state index contributed by atoms with van der Waals surface area (Å²) in [6.07, 6.45) is 6.35. The maximum atomic E-state index is 12.1.